The summed E-state index contributed by atoms with van der Waals surface area (Å²) in [5.74, 6) is 0. The van der Waals surface area contributed by atoms with E-state index >= 15 is 0 Å². The van der Waals surface area contributed by atoms with Crippen molar-refractivity contribution < 1.29 is 31.0 Å². The van der Waals surface area contributed by atoms with Gasteiger partial charge >= 0.3 is 33.9 Å². The summed E-state index contributed by atoms with van der Waals surface area (Å²) in [4.78, 5) is 0. The maximum Gasteiger partial charge on any atom is 0 e. The van der Waals surface area contributed by atoms with Gasteiger partial charge in [0.25, 0.3) is 0 Å². The van der Waals surface area contributed by atoms with E-state index in [0.717, 1.165) is 0 Å². The summed E-state index contributed by atoms with van der Waals surface area (Å²) in [7, 11) is 1.21. The van der Waals surface area contributed by atoms with Gasteiger partial charge in [-0.25, -0.2) is 0 Å². The Morgan fingerprint density at radius 1 is 1.83 bits per heavy atom. The molecular formula is CH5AsO3Zn. The van der Waals surface area contributed by atoms with Gasteiger partial charge in [-0.3, -0.25) is 0 Å². The summed E-state index contributed by atoms with van der Waals surface area (Å²) in [5, 5.41) is 0. The molecule has 0 bridgehead atoms. The summed E-state index contributed by atoms with van der Waals surface area (Å²) in [6.07, 6.45) is 0. The Morgan fingerprint density at radius 2 is 2.00 bits per heavy atom. The zero-order chi connectivity index (χ0) is 4.28. The second-order valence-corrected chi connectivity index (χ2v) is 2.44. The van der Waals surface area contributed by atoms with Crippen LogP contribution in [0.2, 0.25) is 0 Å². The topological polar surface area (TPSA) is 46.5 Å². The maximum absolute atomic E-state index is 9.40. The second kappa shape index (κ2) is 5.90. The van der Waals surface area contributed by atoms with E-state index in [0.29, 0.717) is 0 Å². The molecule has 5 heteroatoms. The molecule has 1 atom stereocenters. The molecule has 0 heterocycles. The first-order valence-corrected chi connectivity index (χ1v) is 3.69. The molecule has 0 aromatic heterocycles. The first kappa shape index (κ1) is 10.0. The predicted octanol–water partition coefficient (Wildman–Crippen LogP) is -1.23. The van der Waals surface area contributed by atoms with Crippen molar-refractivity contribution in [3.63, 3.8) is 0 Å². The van der Waals surface area contributed by atoms with Gasteiger partial charge in [0.2, 0.25) is 0 Å². The Kier molecular flexibility index (Phi) is 9.84. The van der Waals surface area contributed by atoms with Crippen LogP contribution < -0.4 is 0 Å². The van der Waals surface area contributed by atoms with Crippen LogP contribution in [0.3, 0.4) is 0 Å². The van der Waals surface area contributed by atoms with E-state index in [9.17, 15) is 3.74 Å². The van der Waals surface area contributed by atoms with Crippen LogP contribution in [0.15, 0.2) is 0 Å². The van der Waals surface area contributed by atoms with Crippen molar-refractivity contribution in [1.29, 1.82) is 0 Å². The van der Waals surface area contributed by atoms with Crippen LogP contribution in [0.4, 0.5) is 0 Å². The van der Waals surface area contributed by atoms with Gasteiger partial charge in [0.05, 0.1) is 0 Å². The molecule has 0 saturated carbocycles. The quantitative estimate of drug-likeness (QED) is 0.545. The molecule has 0 spiro atoms. The van der Waals surface area contributed by atoms with E-state index in [4.69, 9.17) is 4.10 Å². The molecule has 0 amide bonds. The van der Waals surface area contributed by atoms with E-state index in [1.54, 1.807) is 0 Å². The normalized spacial score (nSPS) is 12.3. The van der Waals surface area contributed by atoms with E-state index in [-0.39, 0.29) is 19.5 Å². The van der Waals surface area contributed by atoms with Gasteiger partial charge in [0, 0.05) is 19.5 Å². The minimum absolute atomic E-state index is 0. The first-order chi connectivity index (χ1) is 2.27. The van der Waals surface area contributed by atoms with Crippen molar-refractivity contribution in [1.82, 2.24) is 0 Å². The smallest absolute Gasteiger partial charge is 0 e. The van der Waals surface area contributed by atoms with Crippen molar-refractivity contribution in [3.8, 4) is 0 Å². The average Bonchev–Trinajstić information content (AvgIpc) is 1.38. The molecule has 0 aliphatic heterocycles. The molecular weight excluding hydrogens is 200 g/mol. The van der Waals surface area contributed by atoms with Crippen LogP contribution in [-0.4, -0.2) is 26.5 Å². The third kappa shape index (κ3) is 8.86. The molecule has 6 heavy (non-hydrogen) atoms. The fourth-order valence-corrected chi connectivity index (χ4v) is 0. The van der Waals surface area contributed by atoms with Gasteiger partial charge in [-0.15, -0.1) is 0 Å². The molecule has 0 rings (SSSR count). The van der Waals surface area contributed by atoms with Crippen LogP contribution in [0.5, 0.6) is 0 Å². The van der Waals surface area contributed by atoms with Crippen molar-refractivity contribution in [3.05, 3.63) is 0 Å². The van der Waals surface area contributed by atoms with Gasteiger partial charge < -0.3 is 0 Å². The van der Waals surface area contributed by atoms with Crippen LogP contribution in [0.1, 0.15) is 0 Å². The van der Waals surface area contributed by atoms with E-state index in [1.807, 2.05) is 0 Å². The monoisotopic (exact) mass is 204 g/mol. The van der Waals surface area contributed by atoms with Crippen molar-refractivity contribution in [2.45, 2.75) is 0 Å². The van der Waals surface area contributed by atoms with Crippen LogP contribution >= 0.6 is 0 Å². The van der Waals surface area contributed by atoms with Crippen molar-refractivity contribution in [2.24, 2.45) is 0 Å². The maximum atomic E-state index is 9.40. The SMILES string of the molecule is CO[AsH](=O)O.[Zn]. The van der Waals surface area contributed by atoms with Gasteiger partial charge in [-0.05, 0) is 0 Å². The van der Waals surface area contributed by atoms with Crippen LogP contribution in [0, 0.1) is 0 Å². The number of hydrogen-bond acceptors (Lipinski definition) is 2. The third-order valence-corrected chi connectivity index (χ3v) is 0.907. The standard InChI is InChI=1S/CH5AsO3.Zn/c1-5-2(3)4;/h2H,1H3,(H,3,4);. The summed E-state index contributed by atoms with van der Waals surface area (Å²) < 4.78 is 21.1. The Balaban J connectivity index is 0. The van der Waals surface area contributed by atoms with E-state index in [1.165, 1.54) is 7.11 Å². The van der Waals surface area contributed by atoms with Gasteiger partial charge in [0.15, 0.2) is 0 Å². The first-order valence-electron chi connectivity index (χ1n) is 1.04. The summed E-state index contributed by atoms with van der Waals surface area (Å²) in [6.45, 7) is 0. The summed E-state index contributed by atoms with van der Waals surface area (Å²) >= 11 is -3.11. The van der Waals surface area contributed by atoms with Crippen LogP contribution in [0.25, 0.3) is 0 Å². The van der Waals surface area contributed by atoms with E-state index in [2.05, 4.69) is 3.73 Å². The zero-order valence-corrected chi connectivity index (χ0v) is 8.54. The van der Waals surface area contributed by atoms with Crippen molar-refractivity contribution >= 4 is 15.3 Å². The molecule has 0 aromatic rings. The minimum Gasteiger partial charge on any atom is 0 e. The second-order valence-electron chi connectivity index (χ2n) is 0.470. The Bertz CT molecular complexity index is 46.1. The molecule has 0 aromatic carbocycles. The van der Waals surface area contributed by atoms with Crippen LogP contribution in [-0.2, 0) is 26.9 Å². The largest absolute Gasteiger partial charge is 0 e. The van der Waals surface area contributed by atoms with Gasteiger partial charge in [-0.2, -0.15) is 0 Å². The molecule has 3 nitrogen and oxygen atoms in total. The molecule has 1 unspecified atom stereocenters. The fraction of sp³-hybridized carbons (Fsp3) is 1.00. The minimum atomic E-state index is -3.11. The van der Waals surface area contributed by atoms with E-state index < -0.39 is 15.3 Å². The Labute approximate surface area is 53.6 Å². The van der Waals surface area contributed by atoms with Crippen molar-refractivity contribution in [2.75, 3.05) is 7.11 Å². The zero-order valence-electron chi connectivity index (χ0n) is 3.47. The molecule has 0 radical (unpaired) electrons. The molecule has 0 saturated heterocycles. The molecule has 0 aliphatic rings. The predicted molar refractivity (Wildman–Crippen MR) is 17.1 cm³/mol. The van der Waals surface area contributed by atoms with Gasteiger partial charge in [0.1, 0.15) is 0 Å². The summed E-state index contributed by atoms with van der Waals surface area (Å²) in [6, 6.07) is 0. The Morgan fingerprint density at radius 3 is 2.00 bits per heavy atom. The average molecular weight is 205 g/mol. The Hall–Kier alpha value is 0.902. The number of rotatable bonds is 1. The third-order valence-electron chi connectivity index (χ3n) is 0.175. The molecule has 1 N–H and O–H groups in total. The molecule has 0 aliphatic carbocycles. The fourth-order valence-electron chi connectivity index (χ4n) is 0. The molecule has 34 valence electrons. The summed E-state index contributed by atoms with van der Waals surface area (Å²) in [5.41, 5.74) is 0. The number of hydrogen-bond donors (Lipinski definition) is 1. The molecule has 0 fully saturated rings. The van der Waals surface area contributed by atoms with Gasteiger partial charge in [-0.1, -0.05) is 0 Å².